The van der Waals surface area contributed by atoms with Crippen molar-refractivity contribution >= 4 is 11.7 Å². The number of ketones is 1. The lowest BCUT2D eigenvalue weighted by molar-refractivity contribution is -0.917. The average molecular weight is 428 g/mol. The number of nitrogens with zero attached hydrogens (tertiary/aromatic N) is 1. The van der Waals surface area contributed by atoms with Gasteiger partial charge in [-0.2, -0.15) is 0 Å². The van der Waals surface area contributed by atoms with E-state index in [0.717, 1.165) is 25.2 Å². The number of hydrogen-bond acceptors (Lipinski definition) is 5. The van der Waals surface area contributed by atoms with Crippen molar-refractivity contribution in [2.24, 2.45) is 0 Å². The van der Waals surface area contributed by atoms with Gasteiger partial charge in [-0.1, -0.05) is 30.3 Å². The zero-order chi connectivity index (χ0) is 22.2. The van der Waals surface area contributed by atoms with Gasteiger partial charge in [-0.15, -0.1) is 0 Å². The number of nitrogens with one attached hydrogen (secondary N) is 1. The molecule has 2 aromatic carbocycles. The number of piperazine rings is 1. The summed E-state index contributed by atoms with van der Waals surface area (Å²) in [5.74, 6) is 1.98. The number of rotatable bonds is 9. The van der Waals surface area contributed by atoms with Crippen LogP contribution in [0, 0.1) is 0 Å². The molecule has 0 aliphatic carbocycles. The molecule has 0 aromatic heterocycles. The van der Waals surface area contributed by atoms with E-state index in [4.69, 9.17) is 14.2 Å². The molecule has 7 heteroatoms. The SMILES string of the molecule is COc1ccc(C[NH+]2CCN(C(=O)CCC(=O)c3ccccc3)CC2)c(OC)c1OC. The summed E-state index contributed by atoms with van der Waals surface area (Å²) in [6.45, 7) is 3.83. The van der Waals surface area contributed by atoms with Gasteiger partial charge < -0.3 is 24.0 Å². The second-order valence-corrected chi connectivity index (χ2v) is 7.59. The molecule has 1 fully saturated rings. The molecule has 0 spiro atoms. The fraction of sp³-hybridized carbons (Fsp3) is 0.417. The van der Waals surface area contributed by atoms with E-state index in [1.807, 2.05) is 35.2 Å². The predicted molar refractivity (Wildman–Crippen MR) is 117 cm³/mol. The Morgan fingerprint density at radius 2 is 1.55 bits per heavy atom. The smallest absolute Gasteiger partial charge is 0.223 e. The summed E-state index contributed by atoms with van der Waals surface area (Å²) in [5.41, 5.74) is 1.71. The minimum Gasteiger partial charge on any atom is -0.493 e. The van der Waals surface area contributed by atoms with Crippen molar-refractivity contribution in [3.63, 3.8) is 0 Å². The maximum Gasteiger partial charge on any atom is 0.223 e. The Bertz CT molecular complexity index is 892. The zero-order valence-electron chi connectivity index (χ0n) is 18.5. The maximum atomic E-state index is 12.6. The summed E-state index contributed by atoms with van der Waals surface area (Å²) in [7, 11) is 4.83. The topological polar surface area (TPSA) is 69.5 Å². The van der Waals surface area contributed by atoms with Crippen LogP contribution in [0.4, 0.5) is 0 Å². The molecule has 0 radical (unpaired) electrons. The van der Waals surface area contributed by atoms with Crippen LogP contribution in [0.2, 0.25) is 0 Å². The Hall–Kier alpha value is -3.06. The highest BCUT2D eigenvalue weighted by atomic mass is 16.5. The molecule has 3 rings (SSSR count). The summed E-state index contributed by atoms with van der Waals surface area (Å²) in [6, 6.07) is 13.0. The van der Waals surface area contributed by atoms with Crippen molar-refractivity contribution in [3.8, 4) is 17.2 Å². The summed E-state index contributed by atoms with van der Waals surface area (Å²) >= 11 is 0. The standard InChI is InChI=1S/C24H30N2O5/c1-29-21-11-9-19(23(30-2)24(21)31-3)17-25-13-15-26(16-14-25)22(28)12-10-20(27)18-7-5-4-6-8-18/h4-9,11H,10,12-17H2,1-3H3/p+1. The molecule has 1 aliphatic heterocycles. The summed E-state index contributed by atoms with van der Waals surface area (Å²) < 4.78 is 16.4. The number of carbonyl (C=O) groups is 2. The quantitative estimate of drug-likeness (QED) is 0.616. The molecule has 1 amide bonds. The summed E-state index contributed by atoms with van der Waals surface area (Å²) in [6.07, 6.45) is 0.505. The molecular weight excluding hydrogens is 396 g/mol. The van der Waals surface area contributed by atoms with Crippen LogP contribution < -0.4 is 19.1 Å². The maximum absolute atomic E-state index is 12.6. The number of ether oxygens (including phenoxy) is 3. The molecule has 1 saturated heterocycles. The van der Waals surface area contributed by atoms with Crippen LogP contribution in [-0.2, 0) is 11.3 Å². The molecule has 0 bridgehead atoms. The largest absolute Gasteiger partial charge is 0.493 e. The molecule has 2 aromatic rings. The van der Waals surface area contributed by atoms with Crippen LogP contribution in [0.3, 0.4) is 0 Å². The van der Waals surface area contributed by atoms with Gasteiger partial charge in [0.1, 0.15) is 6.54 Å². The highest BCUT2D eigenvalue weighted by molar-refractivity contribution is 5.97. The fourth-order valence-corrected chi connectivity index (χ4v) is 3.97. The summed E-state index contributed by atoms with van der Waals surface area (Å²) in [4.78, 5) is 28.0. The number of benzene rings is 2. The second-order valence-electron chi connectivity index (χ2n) is 7.59. The number of hydrogen-bond donors (Lipinski definition) is 1. The van der Waals surface area contributed by atoms with E-state index in [0.29, 0.717) is 35.9 Å². The van der Waals surface area contributed by atoms with Crippen LogP contribution in [0.15, 0.2) is 42.5 Å². The number of quaternary nitrogens is 1. The Morgan fingerprint density at radius 1 is 0.871 bits per heavy atom. The van der Waals surface area contributed by atoms with E-state index < -0.39 is 0 Å². The van der Waals surface area contributed by atoms with Crippen molar-refractivity contribution in [2.45, 2.75) is 19.4 Å². The van der Waals surface area contributed by atoms with Gasteiger partial charge in [0, 0.05) is 18.4 Å². The van der Waals surface area contributed by atoms with E-state index in [1.54, 1.807) is 33.5 Å². The number of carbonyl (C=O) groups excluding carboxylic acids is 2. The Labute approximate surface area is 183 Å². The van der Waals surface area contributed by atoms with Gasteiger partial charge >= 0.3 is 0 Å². The van der Waals surface area contributed by atoms with Gasteiger partial charge in [-0.25, -0.2) is 0 Å². The van der Waals surface area contributed by atoms with Gasteiger partial charge in [0.05, 0.1) is 53.1 Å². The number of amides is 1. The van der Waals surface area contributed by atoms with Gasteiger partial charge in [-0.3, -0.25) is 9.59 Å². The summed E-state index contributed by atoms with van der Waals surface area (Å²) in [5, 5.41) is 0. The van der Waals surface area contributed by atoms with Gasteiger partial charge in [0.15, 0.2) is 17.3 Å². The van der Waals surface area contributed by atoms with Gasteiger partial charge in [-0.05, 0) is 12.1 Å². The predicted octanol–water partition coefficient (Wildman–Crippen LogP) is 1.60. The van der Waals surface area contributed by atoms with E-state index in [-0.39, 0.29) is 24.5 Å². The van der Waals surface area contributed by atoms with E-state index in [2.05, 4.69) is 0 Å². The molecule has 0 atom stereocenters. The Kier molecular flexibility index (Phi) is 7.89. The van der Waals surface area contributed by atoms with Crippen molar-refractivity contribution in [2.75, 3.05) is 47.5 Å². The van der Waals surface area contributed by atoms with Crippen molar-refractivity contribution in [1.29, 1.82) is 0 Å². The molecule has 0 unspecified atom stereocenters. The molecular formula is C24H31N2O5+. The molecule has 1 N–H and O–H groups in total. The van der Waals surface area contributed by atoms with Gasteiger partial charge in [0.25, 0.3) is 0 Å². The molecule has 7 nitrogen and oxygen atoms in total. The lowest BCUT2D eigenvalue weighted by atomic mass is 10.1. The van der Waals surface area contributed by atoms with Crippen LogP contribution in [-0.4, -0.2) is 64.1 Å². The Balaban J connectivity index is 1.52. The average Bonchev–Trinajstić information content (AvgIpc) is 2.82. The Morgan fingerprint density at radius 3 is 2.16 bits per heavy atom. The van der Waals surface area contributed by atoms with Gasteiger partial charge in [0.2, 0.25) is 11.7 Å². The van der Waals surface area contributed by atoms with Crippen LogP contribution in [0.1, 0.15) is 28.8 Å². The van der Waals surface area contributed by atoms with E-state index in [9.17, 15) is 9.59 Å². The highest BCUT2D eigenvalue weighted by Crippen LogP contribution is 2.39. The third-order valence-corrected chi connectivity index (χ3v) is 5.71. The lowest BCUT2D eigenvalue weighted by Crippen LogP contribution is -3.13. The van der Waals surface area contributed by atoms with Crippen LogP contribution in [0.25, 0.3) is 0 Å². The first-order chi connectivity index (χ1) is 15.1. The van der Waals surface area contributed by atoms with Crippen molar-refractivity contribution < 1.29 is 28.7 Å². The molecule has 1 aliphatic rings. The second kappa shape index (κ2) is 10.8. The minimum atomic E-state index is 0.0127. The van der Waals surface area contributed by atoms with Crippen molar-refractivity contribution in [3.05, 3.63) is 53.6 Å². The van der Waals surface area contributed by atoms with E-state index >= 15 is 0 Å². The fourth-order valence-electron chi connectivity index (χ4n) is 3.97. The number of methoxy groups -OCH3 is 3. The molecule has 166 valence electrons. The molecule has 1 heterocycles. The van der Waals surface area contributed by atoms with Crippen molar-refractivity contribution in [1.82, 2.24) is 4.90 Å². The first kappa shape index (κ1) is 22.6. The van der Waals surface area contributed by atoms with Crippen LogP contribution >= 0.6 is 0 Å². The lowest BCUT2D eigenvalue weighted by Gasteiger charge is -2.32. The normalized spacial score (nSPS) is 14.2. The monoisotopic (exact) mass is 427 g/mol. The van der Waals surface area contributed by atoms with E-state index in [1.165, 1.54) is 4.90 Å². The number of Topliss-reactive ketones (excluding diaryl/α,β-unsaturated/α-hetero) is 1. The first-order valence-corrected chi connectivity index (χ1v) is 10.5. The zero-order valence-corrected chi connectivity index (χ0v) is 18.5. The first-order valence-electron chi connectivity index (χ1n) is 10.5. The minimum absolute atomic E-state index is 0.0127. The highest BCUT2D eigenvalue weighted by Gasteiger charge is 2.26. The molecule has 31 heavy (non-hydrogen) atoms. The van der Waals surface area contributed by atoms with Crippen LogP contribution in [0.5, 0.6) is 17.2 Å². The molecule has 0 saturated carbocycles. The third kappa shape index (κ3) is 5.55. The third-order valence-electron chi connectivity index (χ3n) is 5.71.